The van der Waals surface area contributed by atoms with Gasteiger partial charge in [0.25, 0.3) is 0 Å². The van der Waals surface area contributed by atoms with Crippen molar-refractivity contribution in [2.24, 2.45) is 11.7 Å². The van der Waals surface area contributed by atoms with E-state index in [-0.39, 0.29) is 0 Å². The summed E-state index contributed by atoms with van der Waals surface area (Å²) in [7, 11) is 0. The Bertz CT molecular complexity index is 206. The number of amides is 1. The number of nitrogens with two attached hydrogens (primary N) is 1. The Balaban J connectivity index is 4.25. The molecule has 3 N–H and O–H groups in total. The van der Waals surface area contributed by atoms with Crippen LogP contribution in [0.2, 0.25) is 0 Å². The maximum absolute atomic E-state index is 12.2. The Morgan fingerprint density at radius 2 is 2.00 bits per heavy atom. The topological polar surface area (TPSA) is 55.1 Å². The van der Waals surface area contributed by atoms with Gasteiger partial charge in [0.05, 0.1) is 0 Å². The summed E-state index contributed by atoms with van der Waals surface area (Å²) >= 11 is 0. The number of carbonyl (C=O) groups excluding carboxylic acids is 1. The quantitative estimate of drug-likeness (QED) is 0.745. The molecule has 0 spiro atoms. The first-order valence-electron chi connectivity index (χ1n) is 4.90. The first kappa shape index (κ1) is 14.2. The molecule has 1 amide bonds. The standard InChI is InChI=1S/C9H17F3N2O/c1-3-4-6(2)8(15)14-7(5-13)9(10,11)12/h6-7H,3-5,13H2,1-2H3,(H,14,15). The monoisotopic (exact) mass is 226 g/mol. The van der Waals surface area contributed by atoms with Crippen LogP contribution in [0.1, 0.15) is 26.7 Å². The molecule has 0 heterocycles. The zero-order chi connectivity index (χ0) is 12.1. The van der Waals surface area contributed by atoms with Gasteiger partial charge in [0.1, 0.15) is 6.04 Å². The summed E-state index contributed by atoms with van der Waals surface area (Å²) in [4.78, 5) is 11.3. The predicted molar refractivity (Wildman–Crippen MR) is 51.1 cm³/mol. The third kappa shape index (κ3) is 5.01. The van der Waals surface area contributed by atoms with Crippen LogP contribution >= 0.6 is 0 Å². The fraction of sp³-hybridized carbons (Fsp3) is 0.889. The van der Waals surface area contributed by atoms with Crippen LogP contribution < -0.4 is 11.1 Å². The highest BCUT2D eigenvalue weighted by molar-refractivity contribution is 5.78. The van der Waals surface area contributed by atoms with Crippen molar-refractivity contribution in [1.82, 2.24) is 5.32 Å². The Morgan fingerprint density at radius 3 is 2.33 bits per heavy atom. The van der Waals surface area contributed by atoms with E-state index in [2.05, 4.69) is 0 Å². The zero-order valence-corrected chi connectivity index (χ0v) is 8.90. The maximum atomic E-state index is 12.2. The van der Waals surface area contributed by atoms with Crippen molar-refractivity contribution in [3.05, 3.63) is 0 Å². The van der Waals surface area contributed by atoms with Crippen molar-refractivity contribution in [2.75, 3.05) is 6.54 Å². The number of hydrogen-bond acceptors (Lipinski definition) is 2. The number of rotatable bonds is 5. The van der Waals surface area contributed by atoms with E-state index in [1.165, 1.54) is 0 Å². The summed E-state index contributed by atoms with van der Waals surface area (Å²) in [5.41, 5.74) is 4.95. The summed E-state index contributed by atoms with van der Waals surface area (Å²) in [5.74, 6) is -1.00. The number of halogens is 3. The molecule has 90 valence electrons. The molecule has 3 nitrogen and oxygen atoms in total. The van der Waals surface area contributed by atoms with Gasteiger partial charge in [0.15, 0.2) is 0 Å². The van der Waals surface area contributed by atoms with Gasteiger partial charge in [-0.2, -0.15) is 13.2 Å². The summed E-state index contributed by atoms with van der Waals surface area (Å²) < 4.78 is 36.7. The van der Waals surface area contributed by atoms with E-state index in [9.17, 15) is 18.0 Å². The van der Waals surface area contributed by atoms with Gasteiger partial charge in [-0.05, 0) is 6.42 Å². The molecule has 0 aliphatic rings. The third-order valence-electron chi connectivity index (χ3n) is 2.12. The average Bonchev–Trinajstić information content (AvgIpc) is 2.12. The Kier molecular flexibility index (Phi) is 5.64. The van der Waals surface area contributed by atoms with E-state index in [0.29, 0.717) is 6.42 Å². The number of nitrogens with one attached hydrogen (secondary N) is 1. The minimum Gasteiger partial charge on any atom is -0.343 e. The van der Waals surface area contributed by atoms with Crippen LogP contribution in [0.4, 0.5) is 13.2 Å². The lowest BCUT2D eigenvalue weighted by atomic mass is 10.1. The first-order valence-corrected chi connectivity index (χ1v) is 4.90. The summed E-state index contributed by atoms with van der Waals surface area (Å²) in [6, 6.07) is -1.94. The molecule has 0 saturated carbocycles. The summed E-state index contributed by atoms with van der Waals surface area (Å²) in [6.45, 7) is 2.84. The van der Waals surface area contributed by atoms with Gasteiger partial charge in [0.2, 0.25) is 5.91 Å². The second-order valence-corrected chi connectivity index (χ2v) is 3.53. The van der Waals surface area contributed by atoms with E-state index in [0.717, 1.165) is 6.42 Å². The van der Waals surface area contributed by atoms with Crippen molar-refractivity contribution < 1.29 is 18.0 Å². The molecule has 0 aromatic rings. The van der Waals surface area contributed by atoms with Crippen LogP contribution in [-0.4, -0.2) is 24.7 Å². The van der Waals surface area contributed by atoms with Crippen LogP contribution in [0.3, 0.4) is 0 Å². The summed E-state index contributed by atoms with van der Waals surface area (Å²) in [5, 5.41) is 1.90. The van der Waals surface area contributed by atoms with E-state index in [1.54, 1.807) is 6.92 Å². The highest BCUT2D eigenvalue weighted by Gasteiger charge is 2.39. The molecule has 2 atom stereocenters. The minimum atomic E-state index is -4.48. The molecule has 0 aliphatic heterocycles. The smallest absolute Gasteiger partial charge is 0.343 e. The molecule has 0 fully saturated rings. The highest BCUT2D eigenvalue weighted by atomic mass is 19.4. The van der Waals surface area contributed by atoms with Crippen LogP contribution in [0.25, 0.3) is 0 Å². The second kappa shape index (κ2) is 5.95. The molecule has 0 aromatic carbocycles. The fourth-order valence-electron chi connectivity index (χ4n) is 1.15. The molecule has 15 heavy (non-hydrogen) atoms. The van der Waals surface area contributed by atoms with E-state index < -0.39 is 30.6 Å². The minimum absolute atomic E-state index is 0.411. The zero-order valence-electron chi connectivity index (χ0n) is 8.90. The van der Waals surface area contributed by atoms with Gasteiger partial charge in [-0.15, -0.1) is 0 Å². The fourth-order valence-corrected chi connectivity index (χ4v) is 1.15. The normalized spacial score (nSPS) is 15.9. The van der Waals surface area contributed by atoms with Crippen molar-refractivity contribution in [1.29, 1.82) is 0 Å². The Hall–Kier alpha value is -0.780. The molecule has 0 bridgehead atoms. The molecule has 0 aliphatic carbocycles. The van der Waals surface area contributed by atoms with Crippen molar-refractivity contribution in [3.8, 4) is 0 Å². The van der Waals surface area contributed by atoms with Gasteiger partial charge in [-0.1, -0.05) is 20.3 Å². The van der Waals surface area contributed by atoms with Crippen LogP contribution in [-0.2, 0) is 4.79 Å². The van der Waals surface area contributed by atoms with Gasteiger partial charge in [-0.3, -0.25) is 4.79 Å². The molecular formula is C9H17F3N2O. The van der Waals surface area contributed by atoms with Crippen molar-refractivity contribution >= 4 is 5.91 Å². The average molecular weight is 226 g/mol. The summed E-state index contributed by atoms with van der Waals surface area (Å²) in [6.07, 6.45) is -3.15. The lowest BCUT2D eigenvalue weighted by molar-refractivity contribution is -0.160. The maximum Gasteiger partial charge on any atom is 0.409 e. The molecule has 0 saturated heterocycles. The number of alkyl halides is 3. The molecule has 6 heteroatoms. The lowest BCUT2D eigenvalue weighted by Crippen LogP contribution is -2.51. The lowest BCUT2D eigenvalue weighted by Gasteiger charge is -2.21. The van der Waals surface area contributed by atoms with Crippen LogP contribution in [0.15, 0.2) is 0 Å². The molecule has 0 aromatic heterocycles. The molecule has 0 rings (SSSR count). The number of carbonyl (C=O) groups is 1. The van der Waals surface area contributed by atoms with Crippen LogP contribution in [0.5, 0.6) is 0 Å². The molecule has 0 radical (unpaired) electrons. The Morgan fingerprint density at radius 1 is 1.47 bits per heavy atom. The van der Waals surface area contributed by atoms with Crippen molar-refractivity contribution in [3.63, 3.8) is 0 Å². The SMILES string of the molecule is CCCC(C)C(=O)NC(CN)C(F)(F)F. The van der Waals surface area contributed by atoms with Gasteiger partial charge in [-0.25, -0.2) is 0 Å². The van der Waals surface area contributed by atoms with Gasteiger partial charge < -0.3 is 11.1 Å². The third-order valence-corrected chi connectivity index (χ3v) is 2.12. The Labute approximate surface area is 87.2 Å². The molecular weight excluding hydrogens is 209 g/mol. The largest absolute Gasteiger partial charge is 0.409 e. The van der Waals surface area contributed by atoms with Gasteiger partial charge in [0, 0.05) is 12.5 Å². The predicted octanol–water partition coefficient (Wildman–Crippen LogP) is 1.43. The molecule has 2 unspecified atom stereocenters. The number of hydrogen-bond donors (Lipinski definition) is 2. The van der Waals surface area contributed by atoms with Crippen molar-refractivity contribution in [2.45, 2.75) is 38.9 Å². The first-order chi connectivity index (χ1) is 6.82. The van der Waals surface area contributed by atoms with Crippen LogP contribution in [0, 0.1) is 5.92 Å². The van der Waals surface area contributed by atoms with Gasteiger partial charge >= 0.3 is 6.18 Å². The van der Waals surface area contributed by atoms with E-state index >= 15 is 0 Å². The van der Waals surface area contributed by atoms with E-state index in [1.807, 2.05) is 12.2 Å². The second-order valence-electron chi connectivity index (χ2n) is 3.53. The van der Waals surface area contributed by atoms with E-state index in [4.69, 9.17) is 5.73 Å². The highest BCUT2D eigenvalue weighted by Crippen LogP contribution is 2.20.